The molecular weight excluding hydrogens is 175 g/mol. The Labute approximate surface area is 82.7 Å². The summed E-state index contributed by atoms with van der Waals surface area (Å²) in [7, 11) is -4.63. The van der Waals surface area contributed by atoms with E-state index < -0.39 is 10.4 Å². The van der Waals surface area contributed by atoms with E-state index in [1.807, 2.05) is 0 Å². The third kappa shape index (κ3) is 4.41. The SMILES string of the molecule is O=S(=O)([O-])Oc1ccccc1.[Li+]. The molecule has 0 amide bonds. The molecule has 4 nitrogen and oxygen atoms in total. The van der Waals surface area contributed by atoms with Crippen LogP contribution in [0.4, 0.5) is 0 Å². The van der Waals surface area contributed by atoms with Crippen LogP contribution in [0.25, 0.3) is 0 Å². The zero-order chi connectivity index (χ0) is 8.32. The van der Waals surface area contributed by atoms with E-state index in [1.165, 1.54) is 12.1 Å². The molecule has 1 aromatic rings. The van der Waals surface area contributed by atoms with Crippen LogP contribution in [-0.4, -0.2) is 13.0 Å². The minimum atomic E-state index is -4.63. The Morgan fingerprint density at radius 1 is 1.17 bits per heavy atom. The van der Waals surface area contributed by atoms with Gasteiger partial charge in [-0.15, -0.1) is 0 Å². The molecule has 6 heteroatoms. The van der Waals surface area contributed by atoms with Crippen LogP contribution >= 0.6 is 0 Å². The van der Waals surface area contributed by atoms with E-state index >= 15 is 0 Å². The zero-order valence-corrected chi connectivity index (χ0v) is 7.24. The molecule has 0 spiro atoms. The first-order valence-corrected chi connectivity index (χ1v) is 4.11. The topological polar surface area (TPSA) is 66.4 Å². The third-order valence-corrected chi connectivity index (χ3v) is 1.34. The number of hydrogen-bond donors (Lipinski definition) is 0. The van der Waals surface area contributed by atoms with Gasteiger partial charge in [-0.25, -0.2) is 8.42 Å². The maximum atomic E-state index is 10.0. The van der Waals surface area contributed by atoms with Gasteiger partial charge >= 0.3 is 18.9 Å². The van der Waals surface area contributed by atoms with Crippen molar-refractivity contribution in [1.82, 2.24) is 0 Å². The van der Waals surface area contributed by atoms with Gasteiger partial charge in [0.25, 0.3) is 10.4 Å². The smallest absolute Gasteiger partial charge is 0.716 e. The Morgan fingerprint density at radius 2 is 1.67 bits per heavy atom. The number of rotatable bonds is 2. The van der Waals surface area contributed by atoms with Gasteiger partial charge in [-0.3, -0.25) is 0 Å². The van der Waals surface area contributed by atoms with E-state index in [-0.39, 0.29) is 24.6 Å². The average molecular weight is 180 g/mol. The van der Waals surface area contributed by atoms with Crippen molar-refractivity contribution in [1.29, 1.82) is 0 Å². The van der Waals surface area contributed by atoms with Crippen molar-refractivity contribution >= 4 is 10.4 Å². The molecule has 0 aliphatic heterocycles. The zero-order valence-electron chi connectivity index (χ0n) is 6.43. The van der Waals surface area contributed by atoms with Gasteiger partial charge in [0.1, 0.15) is 5.75 Å². The maximum Gasteiger partial charge on any atom is 1.00 e. The Kier molecular flexibility index (Phi) is 4.35. The van der Waals surface area contributed by atoms with Crippen LogP contribution in [0, 0.1) is 0 Å². The molecule has 1 rings (SSSR count). The Balaban J connectivity index is 0.00000121. The van der Waals surface area contributed by atoms with Crippen molar-refractivity contribution in [3.8, 4) is 5.75 Å². The maximum absolute atomic E-state index is 10.0. The second-order valence-corrected chi connectivity index (χ2v) is 2.79. The van der Waals surface area contributed by atoms with Crippen LogP contribution in [0.5, 0.6) is 5.75 Å². The van der Waals surface area contributed by atoms with Crippen molar-refractivity contribution in [2.24, 2.45) is 0 Å². The molecule has 0 saturated carbocycles. The van der Waals surface area contributed by atoms with Gasteiger partial charge in [-0.1, -0.05) is 18.2 Å². The van der Waals surface area contributed by atoms with E-state index in [2.05, 4.69) is 4.18 Å². The molecular formula is C6H5LiO4S. The average Bonchev–Trinajstić information content (AvgIpc) is 1.85. The predicted octanol–water partition coefficient (Wildman–Crippen LogP) is -2.47. The molecule has 0 radical (unpaired) electrons. The first kappa shape index (κ1) is 11.5. The summed E-state index contributed by atoms with van der Waals surface area (Å²) in [5, 5.41) is 0. The molecule has 0 atom stereocenters. The van der Waals surface area contributed by atoms with E-state index in [4.69, 9.17) is 0 Å². The second-order valence-electron chi connectivity index (χ2n) is 1.80. The van der Waals surface area contributed by atoms with Gasteiger partial charge in [0, 0.05) is 0 Å². The fraction of sp³-hybridized carbons (Fsp3) is 0. The van der Waals surface area contributed by atoms with Crippen LogP contribution in [-0.2, 0) is 10.4 Å². The summed E-state index contributed by atoms with van der Waals surface area (Å²) in [6.45, 7) is 0. The number of benzene rings is 1. The molecule has 0 N–H and O–H groups in total. The molecule has 0 aliphatic rings. The van der Waals surface area contributed by atoms with Crippen molar-refractivity contribution < 1.29 is 36.0 Å². The minimum absolute atomic E-state index is 0. The summed E-state index contributed by atoms with van der Waals surface area (Å²) in [5.41, 5.74) is 0. The first-order chi connectivity index (χ1) is 5.08. The molecule has 12 heavy (non-hydrogen) atoms. The normalized spacial score (nSPS) is 10.1. The molecule has 0 bridgehead atoms. The minimum Gasteiger partial charge on any atom is -0.716 e. The van der Waals surface area contributed by atoms with Crippen LogP contribution in [0.2, 0.25) is 0 Å². The summed E-state index contributed by atoms with van der Waals surface area (Å²) >= 11 is 0. The summed E-state index contributed by atoms with van der Waals surface area (Å²) in [6.07, 6.45) is 0. The van der Waals surface area contributed by atoms with Gasteiger partial charge < -0.3 is 8.74 Å². The molecule has 0 heterocycles. The standard InChI is InChI=1S/C6H6O4S.Li/c7-11(8,9)10-6-4-2-1-3-5-6;/h1-5H,(H,7,8,9);/q;+1/p-1. The van der Waals surface area contributed by atoms with E-state index in [1.54, 1.807) is 18.2 Å². The van der Waals surface area contributed by atoms with Gasteiger partial charge in [-0.2, -0.15) is 0 Å². The van der Waals surface area contributed by atoms with Crippen molar-refractivity contribution in [2.45, 2.75) is 0 Å². The largest absolute Gasteiger partial charge is 1.00 e. The molecule has 0 fully saturated rings. The second kappa shape index (κ2) is 4.53. The molecule has 0 saturated heterocycles. The van der Waals surface area contributed by atoms with E-state index in [9.17, 15) is 13.0 Å². The van der Waals surface area contributed by atoms with E-state index in [0.717, 1.165) is 0 Å². The monoisotopic (exact) mass is 180 g/mol. The molecule has 0 unspecified atom stereocenters. The Hall–Kier alpha value is -0.473. The van der Waals surface area contributed by atoms with Gasteiger partial charge in [-0.05, 0) is 12.1 Å². The number of hydrogen-bond acceptors (Lipinski definition) is 4. The summed E-state index contributed by atoms with van der Waals surface area (Å²) < 4.78 is 34.1. The van der Waals surface area contributed by atoms with Crippen LogP contribution in [0.1, 0.15) is 0 Å². The Morgan fingerprint density at radius 3 is 2.08 bits per heavy atom. The quantitative estimate of drug-likeness (QED) is 0.287. The Bertz CT molecular complexity index is 321. The number of para-hydroxylation sites is 1. The molecule has 0 aromatic heterocycles. The summed E-state index contributed by atoms with van der Waals surface area (Å²) in [5.74, 6) is 0.0301. The molecule has 60 valence electrons. The van der Waals surface area contributed by atoms with Gasteiger partial charge in [0.05, 0.1) is 0 Å². The van der Waals surface area contributed by atoms with Crippen molar-refractivity contribution in [2.75, 3.05) is 0 Å². The van der Waals surface area contributed by atoms with Gasteiger partial charge in [0.15, 0.2) is 0 Å². The van der Waals surface area contributed by atoms with Crippen molar-refractivity contribution in [3.63, 3.8) is 0 Å². The fourth-order valence-corrected chi connectivity index (χ4v) is 0.941. The summed E-state index contributed by atoms with van der Waals surface area (Å²) in [6, 6.07) is 7.59. The molecule has 1 aromatic carbocycles. The predicted molar refractivity (Wildman–Crippen MR) is 36.8 cm³/mol. The van der Waals surface area contributed by atoms with Crippen LogP contribution in [0.15, 0.2) is 30.3 Å². The molecule has 0 aliphatic carbocycles. The van der Waals surface area contributed by atoms with Crippen LogP contribution < -0.4 is 23.0 Å². The third-order valence-electron chi connectivity index (χ3n) is 0.941. The first-order valence-electron chi connectivity index (χ1n) is 2.78. The van der Waals surface area contributed by atoms with Crippen LogP contribution in [0.3, 0.4) is 0 Å². The van der Waals surface area contributed by atoms with Crippen molar-refractivity contribution in [3.05, 3.63) is 30.3 Å². The fourth-order valence-electron chi connectivity index (χ4n) is 0.594. The van der Waals surface area contributed by atoms with E-state index in [0.29, 0.717) is 0 Å². The summed E-state index contributed by atoms with van der Waals surface area (Å²) in [4.78, 5) is 0. The van der Waals surface area contributed by atoms with Gasteiger partial charge in [0.2, 0.25) is 0 Å².